The van der Waals surface area contributed by atoms with E-state index in [9.17, 15) is 4.79 Å². The molecule has 0 saturated carbocycles. The zero-order valence-corrected chi connectivity index (χ0v) is 19.2. The summed E-state index contributed by atoms with van der Waals surface area (Å²) < 4.78 is 3.41. The highest BCUT2D eigenvalue weighted by Crippen LogP contribution is 2.34. The Morgan fingerprint density at radius 2 is 1.77 bits per heavy atom. The van der Waals surface area contributed by atoms with Crippen molar-refractivity contribution >= 4 is 46.6 Å². The lowest BCUT2D eigenvalue weighted by molar-refractivity contribution is 0.102. The van der Waals surface area contributed by atoms with E-state index in [0.29, 0.717) is 28.1 Å². The minimum Gasteiger partial charge on any atom is -0.320 e. The molecule has 1 N–H and O–H groups in total. The van der Waals surface area contributed by atoms with Crippen LogP contribution in [0.15, 0.2) is 70.6 Å². The van der Waals surface area contributed by atoms with Gasteiger partial charge in [0.15, 0.2) is 5.69 Å². The average molecular weight is 472 g/mol. The van der Waals surface area contributed by atoms with Crippen molar-refractivity contribution in [2.45, 2.75) is 30.3 Å². The summed E-state index contributed by atoms with van der Waals surface area (Å²) in [7, 11) is 0. The van der Waals surface area contributed by atoms with Gasteiger partial charge in [0.1, 0.15) is 6.67 Å². The van der Waals surface area contributed by atoms with Gasteiger partial charge < -0.3 is 5.32 Å². The number of anilines is 1. The minimum atomic E-state index is -0.283. The van der Waals surface area contributed by atoms with Crippen LogP contribution in [0.25, 0.3) is 0 Å². The number of carbonyl (C=O) groups excluding carboxylic acids is 1. The van der Waals surface area contributed by atoms with Gasteiger partial charge in [0.2, 0.25) is 0 Å². The number of rotatable bonds is 6. The molecular weight excluding hydrogens is 453 g/mol. The summed E-state index contributed by atoms with van der Waals surface area (Å²) in [6.07, 6.45) is 1.74. The van der Waals surface area contributed by atoms with Crippen LogP contribution in [0.2, 0.25) is 10.0 Å². The molecule has 2 heterocycles. The maximum Gasteiger partial charge on any atom is 0.276 e. The van der Waals surface area contributed by atoms with Crippen molar-refractivity contribution in [1.29, 1.82) is 0 Å². The molecule has 0 saturated heterocycles. The maximum atomic E-state index is 12.8. The van der Waals surface area contributed by atoms with E-state index < -0.39 is 0 Å². The normalized spacial score (nSPS) is 11.0. The largest absolute Gasteiger partial charge is 0.320 e. The van der Waals surface area contributed by atoms with Crippen molar-refractivity contribution in [2.75, 3.05) is 5.32 Å². The van der Waals surface area contributed by atoms with Crippen LogP contribution in [0, 0.1) is 13.8 Å². The van der Waals surface area contributed by atoms with Crippen molar-refractivity contribution in [2.24, 2.45) is 0 Å². The number of amides is 1. The molecule has 4 aromatic rings. The van der Waals surface area contributed by atoms with Gasteiger partial charge in [-0.05, 0) is 56.3 Å². The van der Waals surface area contributed by atoms with E-state index in [-0.39, 0.29) is 5.91 Å². The topological polar surface area (TPSA) is 64.7 Å². The molecule has 2 aromatic heterocycles. The number of nitrogens with one attached hydrogen (secondary N) is 1. The van der Waals surface area contributed by atoms with Gasteiger partial charge in [0.25, 0.3) is 5.91 Å². The molecule has 6 nitrogen and oxygen atoms in total. The molecule has 158 valence electrons. The molecule has 0 aliphatic heterocycles. The van der Waals surface area contributed by atoms with Crippen LogP contribution in [0.3, 0.4) is 0 Å². The molecule has 4 rings (SSSR count). The highest BCUT2D eigenvalue weighted by atomic mass is 35.5. The molecule has 0 fully saturated rings. The molecule has 0 bridgehead atoms. The van der Waals surface area contributed by atoms with Gasteiger partial charge in [-0.2, -0.15) is 10.2 Å². The standard InChI is InChI=1S/C22H19Cl2N5OS/c1-14-21(24)15(2)29(26-14)13-28-12-11-19(27-28)22(30)25-18-5-3-4-6-20(18)31-17-9-7-16(23)8-10-17/h3-12H,13H2,1-2H3,(H,25,30). The number of aromatic nitrogens is 4. The molecule has 1 amide bonds. The fourth-order valence-electron chi connectivity index (χ4n) is 2.99. The first-order valence-electron chi connectivity index (χ1n) is 9.47. The van der Waals surface area contributed by atoms with Crippen LogP contribution in [0.5, 0.6) is 0 Å². The monoisotopic (exact) mass is 471 g/mol. The fraction of sp³-hybridized carbons (Fsp3) is 0.136. The third kappa shape index (κ3) is 4.95. The molecule has 31 heavy (non-hydrogen) atoms. The summed E-state index contributed by atoms with van der Waals surface area (Å²) in [6.45, 7) is 4.12. The van der Waals surface area contributed by atoms with Gasteiger partial charge >= 0.3 is 0 Å². The number of hydrogen-bond acceptors (Lipinski definition) is 4. The first kappa shape index (κ1) is 21.5. The zero-order chi connectivity index (χ0) is 22.0. The Labute approximate surface area is 194 Å². The Bertz CT molecular complexity index is 1230. The number of hydrogen-bond donors (Lipinski definition) is 1. The third-order valence-electron chi connectivity index (χ3n) is 4.62. The molecule has 0 atom stereocenters. The van der Waals surface area contributed by atoms with Crippen LogP contribution < -0.4 is 5.32 Å². The number of halogens is 2. The molecule has 0 unspecified atom stereocenters. The fourth-order valence-corrected chi connectivity index (χ4v) is 4.15. The summed E-state index contributed by atoms with van der Waals surface area (Å²) in [5.74, 6) is -0.283. The van der Waals surface area contributed by atoms with Crippen molar-refractivity contribution in [3.8, 4) is 0 Å². The predicted octanol–water partition coefficient (Wildman–Crippen LogP) is 5.91. The second-order valence-corrected chi connectivity index (χ2v) is 8.80. The molecule has 0 spiro atoms. The molecular formula is C22H19Cl2N5OS. The number of para-hydroxylation sites is 1. The van der Waals surface area contributed by atoms with E-state index in [1.54, 1.807) is 33.4 Å². The van der Waals surface area contributed by atoms with E-state index in [0.717, 1.165) is 21.2 Å². The van der Waals surface area contributed by atoms with Gasteiger partial charge in [-0.1, -0.05) is 47.1 Å². The van der Waals surface area contributed by atoms with Crippen LogP contribution >= 0.6 is 35.0 Å². The molecule has 9 heteroatoms. The molecule has 2 aromatic carbocycles. The van der Waals surface area contributed by atoms with Crippen LogP contribution in [-0.4, -0.2) is 25.5 Å². The van der Waals surface area contributed by atoms with E-state index in [4.69, 9.17) is 23.2 Å². The quantitative estimate of drug-likeness (QED) is 0.379. The Morgan fingerprint density at radius 3 is 2.48 bits per heavy atom. The van der Waals surface area contributed by atoms with Crippen LogP contribution in [0.1, 0.15) is 21.9 Å². The van der Waals surface area contributed by atoms with Gasteiger partial charge in [0.05, 0.1) is 22.1 Å². The summed E-state index contributed by atoms with van der Waals surface area (Å²) in [5, 5.41) is 13.1. The second-order valence-electron chi connectivity index (χ2n) is 6.87. The van der Waals surface area contributed by atoms with E-state index in [1.807, 2.05) is 62.4 Å². The van der Waals surface area contributed by atoms with Crippen LogP contribution in [0.4, 0.5) is 5.69 Å². The van der Waals surface area contributed by atoms with E-state index in [1.165, 1.54) is 0 Å². The Balaban J connectivity index is 1.48. The van der Waals surface area contributed by atoms with E-state index in [2.05, 4.69) is 15.5 Å². The number of nitrogens with zero attached hydrogens (tertiary/aromatic N) is 4. The molecule has 0 aliphatic carbocycles. The van der Waals surface area contributed by atoms with Gasteiger partial charge in [0, 0.05) is 21.0 Å². The molecule has 0 radical (unpaired) electrons. The van der Waals surface area contributed by atoms with Crippen molar-refractivity contribution in [3.05, 3.63) is 87.9 Å². The third-order valence-corrected chi connectivity index (χ3v) is 6.50. The predicted molar refractivity (Wildman–Crippen MR) is 124 cm³/mol. The average Bonchev–Trinajstić information content (AvgIpc) is 3.32. The number of benzene rings is 2. The van der Waals surface area contributed by atoms with Gasteiger partial charge in [-0.15, -0.1) is 0 Å². The summed E-state index contributed by atoms with van der Waals surface area (Å²) in [4.78, 5) is 14.7. The first-order chi connectivity index (χ1) is 14.9. The lowest BCUT2D eigenvalue weighted by Gasteiger charge is -2.10. The highest BCUT2D eigenvalue weighted by molar-refractivity contribution is 7.99. The lowest BCUT2D eigenvalue weighted by Crippen LogP contribution is -2.16. The van der Waals surface area contributed by atoms with Crippen LogP contribution in [-0.2, 0) is 6.67 Å². The number of carbonyl (C=O) groups is 1. The smallest absolute Gasteiger partial charge is 0.276 e. The highest BCUT2D eigenvalue weighted by Gasteiger charge is 2.14. The minimum absolute atomic E-state index is 0.283. The SMILES string of the molecule is Cc1nn(Cn2ccc(C(=O)Nc3ccccc3Sc3ccc(Cl)cc3)n2)c(C)c1Cl. The summed E-state index contributed by atoms with van der Waals surface area (Å²) in [5.41, 5.74) is 2.65. The van der Waals surface area contributed by atoms with Crippen molar-refractivity contribution in [3.63, 3.8) is 0 Å². The Kier molecular flexibility index (Phi) is 6.36. The second kappa shape index (κ2) is 9.18. The first-order valence-corrected chi connectivity index (χ1v) is 11.0. The summed E-state index contributed by atoms with van der Waals surface area (Å²) in [6, 6.07) is 16.9. The summed E-state index contributed by atoms with van der Waals surface area (Å²) >= 11 is 13.7. The van der Waals surface area contributed by atoms with E-state index >= 15 is 0 Å². The Hall–Kier alpha value is -2.74. The van der Waals surface area contributed by atoms with Crippen molar-refractivity contribution in [1.82, 2.24) is 19.6 Å². The Morgan fingerprint density at radius 1 is 1.03 bits per heavy atom. The number of aryl methyl sites for hydroxylation is 1. The lowest BCUT2D eigenvalue weighted by atomic mass is 10.3. The zero-order valence-electron chi connectivity index (χ0n) is 16.8. The maximum absolute atomic E-state index is 12.8. The van der Waals surface area contributed by atoms with Crippen molar-refractivity contribution < 1.29 is 4.79 Å². The van der Waals surface area contributed by atoms with Gasteiger partial charge in [-0.25, -0.2) is 4.68 Å². The van der Waals surface area contributed by atoms with Gasteiger partial charge in [-0.3, -0.25) is 9.48 Å². The molecule has 0 aliphatic rings.